The Morgan fingerprint density at radius 1 is 1.17 bits per heavy atom. The Morgan fingerprint density at radius 3 is 2.38 bits per heavy atom. The minimum atomic E-state index is -4.42. The molecule has 1 unspecified atom stereocenters. The molecule has 1 heterocycles. The van der Waals surface area contributed by atoms with Crippen molar-refractivity contribution in [3.8, 4) is 0 Å². The molecule has 5 nitrogen and oxygen atoms in total. The van der Waals surface area contributed by atoms with Crippen LogP contribution < -0.4 is 5.32 Å². The second-order valence-corrected chi connectivity index (χ2v) is 9.00. The van der Waals surface area contributed by atoms with Gasteiger partial charge in [0.15, 0.2) is 11.9 Å². The summed E-state index contributed by atoms with van der Waals surface area (Å²) in [7, 11) is -4.42. The van der Waals surface area contributed by atoms with Gasteiger partial charge in [-0.3, -0.25) is 8.98 Å². The van der Waals surface area contributed by atoms with Gasteiger partial charge < -0.3 is 5.32 Å². The molecule has 0 saturated carbocycles. The maximum Gasteiger partial charge on any atom is 0.297 e. The third kappa shape index (κ3) is 4.83. The van der Waals surface area contributed by atoms with Gasteiger partial charge in [-0.2, -0.15) is 8.42 Å². The quantitative estimate of drug-likeness (QED) is 0.542. The third-order valence-corrected chi connectivity index (χ3v) is 6.46. The number of alkyl halides is 1. The zero-order valence-electron chi connectivity index (χ0n) is 15.6. The summed E-state index contributed by atoms with van der Waals surface area (Å²) in [5.41, 5.74) is -1.50. The Morgan fingerprint density at radius 2 is 1.79 bits per heavy atom. The SMILES string of the molecule is Cc1ccc(S(=O)(=O)OC(C(=O)c2ccc(F)c(Cl)c2)C2(F)CCNCC2)cc1. The van der Waals surface area contributed by atoms with E-state index in [1.807, 2.05) is 0 Å². The molecule has 1 N–H and O–H groups in total. The molecule has 2 aromatic carbocycles. The van der Waals surface area contributed by atoms with Crippen LogP contribution >= 0.6 is 11.6 Å². The number of hydrogen-bond donors (Lipinski definition) is 1. The van der Waals surface area contributed by atoms with Crippen molar-refractivity contribution in [2.24, 2.45) is 0 Å². The molecule has 0 radical (unpaired) electrons. The van der Waals surface area contributed by atoms with Crippen molar-refractivity contribution < 1.29 is 26.2 Å². The van der Waals surface area contributed by atoms with Gasteiger partial charge in [-0.05, 0) is 63.2 Å². The standard InChI is InChI=1S/C20H20ClF2NO4S/c1-13-2-5-15(6-3-13)29(26,27)28-19(20(23)8-10-24-11-9-20)18(25)14-4-7-17(22)16(21)12-14/h2-7,12,19,24H,8-11H2,1H3. The van der Waals surface area contributed by atoms with Crippen LogP contribution in [0.3, 0.4) is 0 Å². The molecule has 1 aliphatic heterocycles. The van der Waals surface area contributed by atoms with Crippen molar-refractivity contribution in [3.63, 3.8) is 0 Å². The maximum absolute atomic E-state index is 15.7. The highest BCUT2D eigenvalue weighted by Crippen LogP contribution is 2.34. The first-order valence-corrected chi connectivity index (χ1v) is 10.8. The molecule has 0 spiro atoms. The summed E-state index contributed by atoms with van der Waals surface area (Å²) in [5.74, 6) is -1.66. The molecule has 1 fully saturated rings. The fourth-order valence-electron chi connectivity index (χ4n) is 3.16. The number of nitrogens with one attached hydrogen (secondary N) is 1. The Labute approximate surface area is 173 Å². The number of carbonyl (C=O) groups excluding carboxylic acids is 1. The van der Waals surface area contributed by atoms with E-state index in [9.17, 15) is 17.6 Å². The van der Waals surface area contributed by atoms with E-state index < -0.39 is 33.5 Å². The third-order valence-electron chi connectivity index (χ3n) is 4.88. The van der Waals surface area contributed by atoms with Crippen LogP contribution in [0.2, 0.25) is 5.02 Å². The van der Waals surface area contributed by atoms with Crippen molar-refractivity contribution in [1.82, 2.24) is 5.32 Å². The van der Waals surface area contributed by atoms with Crippen LogP contribution in [-0.2, 0) is 14.3 Å². The Hall–Kier alpha value is -1.87. The van der Waals surface area contributed by atoms with Crippen molar-refractivity contribution in [1.29, 1.82) is 0 Å². The summed E-state index contributed by atoms with van der Waals surface area (Å²) in [5, 5.41) is 2.64. The molecule has 0 amide bonds. The number of rotatable bonds is 6. The molecular weight excluding hydrogens is 424 g/mol. The Bertz CT molecular complexity index is 1010. The Kier molecular flexibility index (Phi) is 6.38. The van der Waals surface area contributed by atoms with Gasteiger partial charge in [-0.15, -0.1) is 0 Å². The van der Waals surface area contributed by atoms with Crippen molar-refractivity contribution in [3.05, 3.63) is 64.4 Å². The lowest BCUT2D eigenvalue weighted by molar-refractivity contribution is -0.00180. The summed E-state index contributed by atoms with van der Waals surface area (Å²) in [6, 6.07) is 8.93. The van der Waals surface area contributed by atoms with Crippen molar-refractivity contribution in [2.75, 3.05) is 13.1 Å². The van der Waals surface area contributed by atoms with Crippen LogP contribution in [0.5, 0.6) is 0 Å². The summed E-state index contributed by atoms with van der Waals surface area (Å²) in [6.07, 6.45) is -2.14. The molecule has 1 saturated heterocycles. The van der Waals surface area contributed by atoms with E-state index in [0.29, 0.717) is 0 Å². The molecule has 9 heteroatoms. The zero-order valence-corrected chi connectivity index (χ0v) is 17.2. The minimum absolute atomic E-state index is 0.109. The van der Waals surface area contributed by atoms with Gasteiger partial charge in [0.05, 0.1) is 9.92 Å². The number of ketones is 1. The smallest absolute Gasteiger partial charge is 0.297 e. The van der Waals surface area contributed by atoms with Crippen molar-refractivity contribution in [2.45, 2.75) is 36.4 Å². The number of hydrogen-bond acceptors (Lipinski definition) is 5. The predicted molar refractivity (Wildman–Crippen MR) is 105 cm³/mol. The van der Waals surface area contributed by atoms with E-state index in [2.05, 4.69) is 5.32 Å². The van der Waals surface area contributed by atoms with Crippen LogP contribution in [0.1, 0.15) is 28.8 Å². The molecule has 156 valence electrons. The van der Waals surface area contributed by atoms with Crippen LogP contribution in [0.4, 0.5) is 8.78 Å². The van der Waals surface area contributed by atoms with Gasteiger partial charge >= 0.3 is 0 Å². The zero-order chi connectivity index (χ0) is 21.2. The first-order valence-electron chi connectivity index (χ1n) is 9.01. The lowest BCUT2D eigenvalue weighted by Crippen LogP contribution is -2.52. The lowest BCUT2D eigenvalue weighted by atomic mass is 9.85. The predicted octanol–water partition coefficient (Wildman–Crippen LogP) is 3.84. The van der Waals surface area contributed by atoms with E-state index in [1.54, 1.807) is 19.1 Å². The number of halogens is 3. The van der Waals surface area contributed by atoms with E-state index in [-0.39, 0.29) is 41.4 Å². The molecule has 1 atom stereocenters. The number of benzene rings is 2. The van der Waals surface area contributed by atoms with Gasteiger partial charge in [-0.25, -0.2) is 8.78 Å². The topological polar surface area (TPSA) is 72.5 Å². The van der Waals surface area contributed by atoms with Gasteiger partial charge in [0.1, 0.15) is 11.5 Å². The van der Waals surface area contributed by atoms with E-state index >= 15 is 4.39 Å². The largest absolute Gasteiger partial charge is 0.316 e. The van der Waals surface area contributed by atoms with Crippen LogP contribution in [-0.4, -0.2) is 39.1 Å². The summed E-state index contributed by atoms with van der Waals surface area (Å²) in [6.45, 7) is 2.31. The number of piperidine rings is 1. The van der Waals surface area contributed by atoms with E-state index in [1.165, 1.54) is 12.1 Å². The van der Waals surface area contributed by atoms with Gasteiger partial charge in [0.25, 0.3) is 10.1 Å². The maximum atomic E-state index is 15.7. The first kappa shape index (κ1) is 21.8. The van der Waals surface area contributed by atoms with Crippen LogP contribution in [0.25, 0.3) is 0 Å². The first-order chi connectivity index (χ1) is 13.6. The summed E-state index contributed by atoms with van der Waals surface area (Å²) < 4.78 is 59.9. The Balaban J connectivity index is 1.99. The van der Waals surface area contributed by atoms with Crippen LogP contribution in [0, 0.1) is 12.7 Å². The fourth-order valence-corrected chi connectivity index (χ4v) is 4.43. The molecule has 0 aromatic heterocycles. The highest BCUT2D eigenvalue weighted by molar-refractivity contribution is 7.86. The average Bonchev–Trinajstić information content (AvgIpc) is 2.68. The average molecular weight is 444 g/mol. The van der Waals surface area contributed by atoms with E-state index in [4.69, 9.17) is 15.8 Å². The fraction of sp³-hybridized carbons (Fsp3) is 0.350. The second-order valence-electron chi connectivity index (χ2n) is 7.02. The van der Waals surface area contributed by atoms with Gasteiger partial charge in [0, 0.05) is 5.56 Å². The molecule has 1 aliphatic rings. The molecule has 0 bridgehead atoms. The number of Topliss-reactive ketones (excluding diaryl/α,β-unsaturated/α-hetero) is 1. The van der Waals surface area contributed by atoms with Crippen LogP contribution in [0.15, 0.2) is 47.4 Å². The molecular formula is C20H20ClF2NO4S. The highest BCUT2D eigenvalue weighted by Gasteiger charge is 2.48. The lowest BCUT2D eigenvalue weighted by Gasteiger charge is -2.35. The minimum Gasteiger partial charge on any atom is -0.316 e. The molecule has 3 rings (SSSR count). The normalized spacial score (nSPS) is 17.7. The molecule has 29 heavy (non-hydrogen) atoms. The van der Waals surface area contributed by atoms with Gasteiger partial charge in [0.2, 0.25) is 0 Å². The van der Waals surface area contributed by atoms with Gasteiger partial charge in [-0.1, -0.05) is 29.3 Å². The summed E-state index contributed by atoms with van der Waals surface area (Å²) >= 11 is 5.74. The molecule has 0 aliphatic carbocycles. The second kappa shape index (κ2) is 8.47. The van der Waals surface area contributed by atoms with E-state index in [0.717, 1.165) is 23.8 Å². The highest BCUT2D eigenvalue weighted by atomic mass is 35.5. The number of aryl methyl sites for hydroxylation is 1. The summed E-state index contributed by atoms with van der Waals surface area (Å²) in [4.78, 5) is 12.9. The monoisotopic (exact) mass is 443 g/mol. The number of carbonyl (C=O) groups is 1. The molecule has 2 aromatic rings. The van der Waals surface area contributed by atoms with Crippen molar-refractivity contribution >= 4 is 27.5 Å².